The van der Waals surface area contributed by atoms with Crippen LogP contribution in [0.2, 0.25) is 0 Å². The Balaban J connectivity index is 1.97. The van der Waals surface area contributed by atoms with Crippen molar-refractivity contribution in [2.45, 2.75) is 25.7 Å². The van der Waals surface area contributed by atoms with Gasteiger partial charge in [-0.25, -0.2) is 4.98 Å². The summed E-state index contributed by atoms with van der Waals surface area (Å²) in [6.45, 7) is 1.37. The molecular weight excluding hydrogens is 282 g/mol. The highest BCUT2D eigenvalue weighted by Crippen LogP contribution is 2.22. The van der Waals surface area contributed by atoms with Gasteiger partial charge in [-0.3, -0.25) is 9.59 Å². The zero-order valence-corrected chi connectivity index (χ0v) is 13.2. The van der Waals surface area contributed by atoms with Crippen molar-refractivity contribution in [3.05, 3.63) is 23.9 Å². The number of aliphatic carboxylic acids is 1. The number of hydrogen-bond donors (Lipinski definition) is 1. The van der Waals surface area contributed by atoms with Crippen molar-refractivity contribution in [3.63, 3.8) is 0 Å². The molecule has 0 spiro atoms. The third-order valence-electron chi connectivity index (χ3n) is 4.03. The number of carbonyl (C=O) groups excluding carboxylic acids is 1. The number of piperidine rings is 1. The van der Waals surface area contributed by atoms with Crippen molar-refractivity contribution in [2.24, 2.45) is 5.92 Å². The normalized spacial score (nSPS) is 18.1. The Kier molecular flexibility index (Phi) is 5.35. The SMILES string of the molecule is CN(C)c1ccc(C(=O)N2CCCC(CCC(=O)O)C2)cn1. The first-order valence-corrected chi connectivity index (χ1v) is 7.62. The van der Waals surface area contributed by atoms with Crippen molar-refractivity contribution in [1.82, 2.24) is 9.88 Å². The molecule has 1 amide bonds. The highest BCUT2D eigenvalue weighted by Gasteiger charge is 2.25. The lowest BCUT2D eigenvalue weighted by molar-refractivity contribution is -0.137. The number of likely N-dealkylation sites (tertiary alicyclic amines) is 1. The Labute approximate surface area is 130 Å². The van der Waals surface area contributed by atoms with Gasteiger partial charge < -0.3 is 14.9 Å². The summed E-state index contributed by atoms with van der Waals surface area (Å²) >= 11 is 0. The molecule has 22 heavy (non-hydrogen) atoms. The van der Waals surface area contributed by atoms with E-state index in [1.54, 1.807) is 12.3 Å². The van der Waals surface area contributed by atoms with Crippen LogP contribution in [0, 0.1) is 5.92 Å². The quantitative estimate of drug-likeness (QED) is 0.899. The molecule has 6 nitrogen and oxygen atoms in total. The number of carboxylic acid groups (broad SMARTS) is 1. The van der Waals surface area contributed by atoms with Crippen LogP contribution in [0.4, 0.5) is 5.82 Å². The van der Waals surface area contributed by atoms with Crippen LogP contribution < -0.4 is 4.90 Å². The molecule has 0 aliphatic carbocycles. The number of hydrogen-bond acceptors (Lipinski definition) is 4. The van der Waals surface area contributed by atoms with Crippen LogP contribution in [0.3, 0.4) is 0 Å². The molecule has 1 fully saturated rings. The second-order valence-electron chi connectivity index (χ2n) is 5.99. The Morgan fingerprint density at radius 1 is 1.41 bits per heavy atom. The van der Waals surface area contributed by atoms with E-state index in [4.69, 9.17) is 5.11 Å². The van der Waals surface area contributed by atoms with E-state index in [0.717, 1.165) is 25.2 Å². The maximum absolute atomic E-state index is 12.5. The molecule has 2 heterocycles. The van der Waals surface area contributed by atoms with E-state index in [9.17, 15) is 9.59 Å². The minimum atomic E-state index is -0.771. The Morgan fingerprint density at radius 2 is 2.18 bits per heavy atom. The molecule has 0 aromatic carbocycles. The average Bonchev–Trinajstić information content (AvgIpc) is 2.52. The van der Waals surface area contributed by atoms with Crippen LogP contribution in [-0.4, -0.2) is 54.1 Å². The standard InChI is InChI=1S/C16H23N3O3/c1-18(2)14-7-6-13(10-17-14)16(22)19-9-3-4-12(11-19)5-8-15(20)21/h6-7,10,12H,3-5,8-9,11H2,1-2H3,(H,20,21). The number of carbonyl (C=O) groups is 2. The monoisotopic (exact) mass is 305 g/mol. The fourth-order valence-corrected chi connectivity index (χ4v) is 2.77. The van der Waals surface area contributed by atoms with Crippen molar-refractivity contribution in [1.29, 1.82) is 0 Å². The van der Waals surface area contributed by atoms with Gasteiger partial charge in [-0.15, -0.1) is 0 Å². The van der Waals surface area contributed by atoms with E-state index in [1.807, 2.05) is 30.0 Å². The van der Waals surface area contributed by atoms with Crippen LogP contribution in [0.5, 0.6) is 0 Å². The highest BCUT2D eigenvalue weighted by atomic mass is 16.4. The molecule has 0 radical (unpaired) electrons. The molecule has 1 aromatic heterocycles. The van der Waals surface area contributed by atoms with E-state index < -0.39 is 5.97 Å². The molecule has 120 valence electrons. The van der Waals surface area contributed by atoms with E-state index in [-0.39, 0.29) is 18.2 Å². The molecule has 6 heteroatoms. The zero-order chi connectivity index (χ0) is 16.1. The number of pyridine rings is 1. The highest BCUT2D eigenvalue weighted by molar-refractivity contribution is 5.94. The Morgan fingerprint density at radius 3 is 2.77 bits per heavy atom. The summed E-state index contributed by atoms with van der Waals surface area (Å²) in [7, 11) is 3.81. The number of rotatable bonds is 5. The zero-order valence-electron chi connectivity index (χ0n) is 13.2. The van der Waals surface area contributed by atoms with Gasteiger partial charge in [-0.2, -0.15) is 0 Å². The van der Waals surface area contributed by atoms with E-state index in [2.05, 4.69) is 4.98 Å². The van der Waals surface area contributed by atoms with Crippen LogP contribution in [0.25, 0.3) is 0 Å². The van der Waals surface area contributed by atoms with Gasteiger partial charge in [0.1, 0.15) is 5.82 Å². The molecule has 1 aliphatic rings. The number of nitrogens with zero attached hydrogens (tertiary/aromatic N) is 3. The number of carboxylic acids is 1. The summed E-state index contributed by atoms with van der Waals surface area (Å²) < 4.78 is 0. The van der Waals surface area contributed by atoms with Gasteiger partial charge in [-0.1, -0.05) is 0 Å². The Bertz CT molecular complexity index is 528. The topological polar surface area (TPSA) is 73.7 Å². The van der Waals surface area contributed by atoms with Gasteiger partial charge in [0.15, 0.2) is 0 Å². The van der Waals surface area contributed by atoms with E-state index in [1.165, 1.54) is 0 Å². The van der Waals surface area contributed by atoms with Crippen molar-refractivity contribution in [3.8, 4) is 0 Å². The largest absolute Gasteiger partial charge is 0.481 e. The maximum atomic E-state index is 12.5. The molecule has 2 rings (SSSR count). The van der Waals surface area contributed by atoms with Crippen molar-refractivity contribution in [2.75, 3.05) is 32.1 Å². The fraction of sp³-hybridized carbons (Fsp3) is 0.562. The summed E-state index contributed by atoms with van der Waals surface area (Å²) in [6.07, 6.45) is 4.34. The third kappa shape index (κ3) is 4.19. The van der Waals surface area contributed by atoms with Crippen LogP contribution in [0.1, 0.15) is 36.0 Å². The van der Waals surface area contributed by atoms with Crippen molar-refractivity contribution < 1.29 is 14.7 Å². The fourth-order valence-electron chi connectivity index (χ4n) is 2.77. The van der Waals surface area contributed by atoms with Crippen LogP contribution in [0.15, 0.2) is 18.3 Å². The second kappa shape index (κ2) is 7.24. The number of anilines is 1. The molecular formula is C16H23N3O3. The summed E-state index contributed by atoms with van der Waals surface area (Å²) in [5.74, 6) is 0.307. The van der Waals surface area contributed by atoms with Crippen LogP contribution in [-0.2, 0) is 4.79 Å². The smallest absolute Gasteiger partial charge is 0.303 e. The molecule has 1 N–H and O–H groups in total. The molecule has 1 atom stereocenters. The Hall–Kier alpha value is -2.11. The molecule has 1 aliphatic heterocycles. The minimum absolute atomic E-state index is 0.0159. The maximum Gasteiger partial charge on any atom is 0.303 e. The van der Waals surface area contributed by atoms with Gasteiger partial charge in [-0.05, 0) is 37.3 Å². The molecule has 0 bridgehead atoms. The molecule has 1 unspecified atom stereocenters. The predicted octanol–water partition coefficient (Wildman–Crippen LogP) is 1.86. The summed E-state index contributed by atoms with van der Waals surface area (Å²) in [5.41, 5.74) is 0.587. The second-order valence-corrected chi connectivity index (χ2v) is 5.99. The number of aromatic nitrogens is 1. The van der Waals surface area contributed by atoms with Gasteiger partial charge >= 0.3 is 5.97 Å². The van der Waals surface area contributed by atoms with Gasteiger partial charge in [0.25, 0.3) is 5.91 Å². The first-order chi connectivity index (χ1) is 10.5. The average molecular weight is 305 g/mol. The summed E-state index contributed by atoms with van der Waals surface area (Å²) in [6, 6.07) is 3.63. The van der Waals surface area contributed by atoms with Gasteiger partial charge in [0.2, 0.25) is 0 Å². The number of amides is 1. The molecule has 0 saturated carbocycles. The van der Waals surface area contributed by atoms with Crippen molar-refractivity contribution >= 4 is 17.7 Å². The van der Waals surface area contributed by atoms with E-state index in [0.29, 0.717) is 18.5 Å². The first-order valence-electron chi connectivity index (χ1n) is 7.62. The first kappa shape index (κ1) is 16.3. The summed E-state index contributed by atoms with van der Waals surface area (Å²) in [5, 5.41) is 8.78. The molecule has 1 saturated heterocycles. The van der Waals surface area contributed by atoms with Gasteiger partial charge in [0, 0.05) is 39.8 Å². The lowest BCUT2D eigenvalue weighted by Crippen LogP contribution is -2.40. The van der Waals surface area contributed by atoms with E-state index >= 15 is 0 Å². The third-order valence-corrected chi connectivity index (χ3v) is 4.03. The van der Waals surface area contributed by atoms with Gasteiger partial charge in [0.05, 0.1) is 5.56 Å². The minimum Gasteiger partial charge on any atom is -0.481 e. The lowest BCUT2D eigenvalue weighted by atomic mass is 9.93. The lowest BCUT2D eigenvalue weighted by Gasteiger charge is -2.32. The summed E-state index contributed by atoms with van der Waals surface area (Å²) in [4.78, 5) is 31.2. The van der Waals surface area contributed by atoms with Crippen LogP contribution >= 0.6 is 0 Å². The predicted molar refractivity (Wildman–Crippen MR) is 84.1 cm³/mol. The molecule has 1 aromatic rings.